The lowest BCUT2D eigenvalue weighted by Crippen LogP contribution is -2.52. The number of rotatable bonds is 1. The minimum atomic E-state index is -0.933. The fourth-order valence-electron chi connectivity index (χ4n) is 2.51. The summed E-state index contributed by atoms with van der Waals surface area (Å²) in [4.78, 5) is 26.2. The smallest absolute Gasteiger partial charge is 0.326 e. The molecule has 2 aliphatic heterocycles. The number of aliphatic carboxylic acids is 1. The molecule has 6 heteroatoms. The molecule has 96 valence electrons. The van der Waals surface area contributed by atoms with Crippen molar-refractivity contribution < 1.29 is 19.8 Å². The highest BCUT2D eigenvalue weighted by atomic mass is 16.4. The van der Waals surface area contributed by atoms with Crippen LogP contribution in [0.1, 0.15) is 25.7 Å². The number of carboxylic acids is 1. The summed E-state index contributed by atoms with van der Waals surface area (Å²) in [5, 5.41) is 18.5. The fraction of sp³-hybridized carbons (Fsp3) is 0.818. The number of carbonyl (C=O) groups excluding carboxylic acids is 1. The van der Waals surface area contributed by atoms with E-state index in [9.17, 15) is 14.7 Å². The summed E-state index contributed by atoms with van der Waals surface area (Å²) >= 11 is 0. The van der Waals surface area contributed by atoms with Gasteiger partial charge in [0.25, 0.3) is 0 Å². The van der Waals surface area contributed by atoms with Crippen LogP contribution in [0.2, 0.25) is 0 Å². The molecule has 0 aromatic carbocycles. The van der Waals surface area contributed by atoms with Gasteiger partial charge in [-0.15, -0.1) is 0 Å². The molecule has 0 aliphatic carbocycles. The van der Waals surface area contributed by atoms with Crippen molar-refractivity contribution in [3.8, 4) is 0 Å². The maximum atomic E-state index is 12.1. The van der Waals surface area contributed by atoms with E-state index in [0.29, 0.717) is 32.5 Å². The van der Waals surface area contributed by atoms with Gasteiger partial charge in [0, 0.05) is 19.6 Å². The van der Waals surface area contributed by atoms with Gasteiger partial charge in [-0.3, -0.25) is 0 Å². The zero-order valence-corrected chi connectivity index (χ0v) is 9.71. The number of aliphatic hydroxyl groups is 1. The van der Waals surface area contributed by atoms with Gasteiger partial charge in [-0.1, -0.05) is 0 Å². The molecule has 2 atom stereocenters. The zero-order valence-electron chi connectivity index (χ0n) is 9.71. The molecule has 2 heterocycles. The Kier molecular flexibility index (Phi) is 3.51. The zero-order chi connectivity index (χ0) is 12.4. The van der Waals surface area contributed by atoms with Gasteiger partial charge in [-0.05, 0) is 25.7 Å². The van der Waals surface area contributed by atoms with E-state index in [4.69, 9.17) is 5.11 Å². The number of amides is 2. The number of carbonyl (C=O) groups is 2. The molecule has 17 heavy (non-hydrogen) atoms. The quantitative estimate of drug-likeness (QED) is 0.684. The number of nitrogens with zero attached hydrogens (tertiary/aromatic N) is 2. The van der Waals surface area contributed by atoms with Gasteiger partial charge in [-0.25, -0.2) is 9.59 Å². The van der Waals surface area contributed by atoms with Crippen LogP contribution in [0, 0.1) is 0 Å². The Bertz CT molecular complexity index is 321. The van der Waals surface area contributed by atoms with Crippen molar-refractivity contribution >= 4 is 12.0 Å². The second-order valence-electron chi connectivity index (χ2n) is 4.71. The first-order chi connectivity index (χ1) is 8.09. The van der Waals surface area contributed by atoms with Crippen molar-refractivity contribution in [3.63, 3.8) is 0 Å². The van der Waals surface area contributed by atoms with E-state index in [1.54, 1.807) is 4.90 Å². The van der Waals surface area contributed by atoms with Gasteiger partial charge in [-0.2, -0.15) is 0 Å². The van der Waals surface area contributed by atoms with Crippen molar-refractivity contribution in [1.82, 2.24) is 9.80 Å². The number of urea groups is 1. The first kappa shape index (κ1) is 12.2. The second kappa shape index (κ2) is 4.91. The molecule has 2 unspecified atom stereocenters. The van der Waals surface area contributed by atoms with Crippen molar-refractivity contribution in [2.45, 2.75) is 37.8 Å². The van der Waals surface area contributed by atoms with E-state index in [1.807, 2.05) is 0 Å². The molecular weight excluding hydrogens is 224 g/mol. The predicted octanol–water partition coefficient (Wildman–Crippen LogP) is 0.112. The van der Waals surface area contributed by atoms with E-state index >= 15 is 0 Å². The summed E-state index contributed by atoms with van der Waals surface area (Å²) in [5.41, 5.74) is 0. The summed E-state index contributed by atoms with van der Waals surface area (Å²) in [7, 11) is 0. The molecule has 2 saturated heterocycles. The highest BCUT2D eigenvalue weighted by molar-refractivity contribution is 5.83. The molecular formula is C11H18N2O4. The highest BCUT2D eigenvalue weighted by Gasteiger charge is 2.36. The van der Waals surface area contributed by atoms with Gasteiger partial charge in [0.1, 0.15) is 6.04 Å². The number of β-amino-alcohol motifs (C(OH)–C–C–N with tert-alkyl or cyclic N) is 1. The maximum Gasteiger partial charge on any atom is 0.326 e. The molecule has 2 amide bonds. The van der Waals surface area contributed by atoms with Crippen LogP contribution < -0.4 is 0 Å². The molecule has 2 rings (SSSR count). The van der Waals surface area contributed by atoms with Crippen LogP contribution in [0.4, 0.5) is 4.79 Å². The fourth-order valence-corrected chi connectivity index (χ4v) is 2.51. The van der Waals surface area contributed by atoms with Crippen LogP contribution in [0.5, 0.6) is 0 Å². The van der Waals surface area contributed by atoms with Gasteiger partial charge in [0.05, 0.1) is 6.10 Å². The van der Waals surface area contributed by atoms with Crippen LogP contribution in [-0.4, -0.2) is 63.8 Å². The second-order valence-corrected chi connectivity index (χ2v) is 4.71. The van der Waals surface area contributed by atoms with E-state index < -0.39 is 18.1 Å². The summed E-state index contributed by atoms with van der Waals surface area (Å²) in [6.45, 7) is 1.34. The lowest BCUT2D eigenvalue weighted by Gasteiger charge is -2.35. The molecule has 0 aromatic rings. The molecule has 0 spiro atoms. The Morgan fingerprint density at radius 1 is 1.12 bits per heavy atom. The Morgan fingerprint density at radius 3 is 2.47 bits per heavy atom. The summed E-state index contributed by atoms with van der Waals surface area (Å²) < 4.78 is 0. The first-order valence-electron chi connectivity index (χ1n) is 6.06. The molecule has 0 radical (unpaired) electrons. The van der Waals surface area contributed by atoms with Crippen molar-refractivity contribution in [2.24, 2.45) is 0 Å². The Balaban J connectivity index is 2.03. The number of piperidine rings is 1. The Hall–Kier alpha value is -1.30. The highest BCUT2D eigenvalue weighted by Crippen LogP contribution is 2.21. The SMILES string of the molecule is O=C(O)C1CCCCN1C(=O)N1CCC(O)C1. The molecule has 2 fully saturated rings. The lowest BCUT2D eigenvalue weighted by molar-refractivity contribution is -0.143. The van der Waals surface area contributed by atoms with Gasteiger partial charge >= 0.3 is 12.0 Å². The summed E-state index contributed by atoms with van der Waals surface area (Å²) in [6, 6.07) is -0.942. The van der Waals surface area contributed by atoms with Crippen molar-refractivity contribution in [3.05, 3.63) is 0 Å². The maximum absolute atomic E-state index is 12.1. The first-order valence-corrected chi connectivity index (χ1v) is 6.06. The monoisotopic (exact) mass is 242 g/mol. The molecule has 2 aliphatic rings. The molecule has 0 saturated carbocycles. The van der Waals surface area contributed by atoms with Gasteiger partial charge in [0.2, 0.25) is 0 Å². The third-order valence-electron chi connectivity index (χ3n) is 3.47. The van der Waals surface area contributed by atoms with E-state index in [-0.39, 0.29) is 6.03 Å². The summed E-state index contributed by atoms with van der Waals surface area (Å²) in [6.07, 6.45) is 2.34. The molecule has 0 aromatic heterocycles. The number of carboxylic acid groups (broad SMARTS) is 1. The minimum Gasteiger partial charge on any atom is -0.480 e. The largest absolute Gasteiger partial charge is 0.480 e. The van der Waals surface area contributed by atoms with E-state index in [0.717, 1.165) is 12.8 Å². The standard InChI is InChI=1S/C11H18N2O4/c14-8-4-6-12(7-8)11(17)13-5-2-1-3-9(13)10(15)16/h8-9,14H,1-7H2,(H,15,16). The van der Waals surface area contributed by atoms with Crippen LogP contribution in [0.15, 0.2) is 0 Å². The van der Waals surface area contributed by atoms with Gasteiger partial charge < -0.3 is 20.0 Å². The number of hydrogen-bond donors (Lipinski definition) is 2. The average Bonchev–Trinajstić information content (AvgIpc) is 2.75. The average molecular weight is 242 g/mol. The molecule has 2 N–H and O–H groups in total. The van der Waals surface area contributed by atoms with Crippen LogP contribution in [-0.2, 0) is 4.79 Å². The number of likely N-dealkylation sites (tertiary alicyclic amines) is 2. The normalized spacial score (nSPS) is 29.5. The van der Waals surface area contributed by atoms with E-state index in [1.165, 1.54) is 4.90 Å². The minimum absolute atomic E-state index is 0.242. The van der Waals surface area contributed by atoms with Crippen molar-refractivity contribution in [2.75, 3.05) is 19.6 Å². The van der Waals surface area contributed by atoms with Crippen LogP contribution >= 0.6 is 0 Å². The number of hydrogen-bond acceptors (Lipinski definition) is 3. The third kappa shape index (κ3) is 2.52. The summed E-state index contributed by atoms with van der Waals surface area (Å²) in [5.74, 6) is -0.933. The van der Waals surface area contributed by atoms with Gasteiger partial charge in [0.15, 0.2) is 0 Å². The topological polar surface area (TPSA) is 81.1 Å². The predicted molar refractivity (Wildman–Crippen MR) is 59.6 cm³/mol. The molecule has 6 nitrogen and oxygen atoms in total. The third-order valence-corrected chi connectivity index (χ3v) is 3.47. The van der Waals surface area contributed by atoms with Crippen molar-refractivity contribution in [1.29, 1.82) is 0 Å². The number of aliphatic hydroxyl groups excluding tert-OH is 1. The lowest BCUT2D eigenvalue weighted by atomic mass is 10.0. The Labute approximate surface area is 99.8 Å². The van der Waals surface area contributed by atoms with Crippen LogP contribution in [0.3, 0.4) is 0 Å². The molecule has 0 bridgehead atoms. The Morgan fingerprint density at radius 2 is 1.88 bits per heavy atom. The van der Waals surface area contributed by atoms with E-state index in [2.05, 4.69) is 0 Å². The van der Waals surface area contributed by atoms with Crippen LogP contribution in [0.25, 0.3) is 0 Å².